The van der Waals surface area contributed by atoms with Crippen LogP contribution in [0.3, 0.4) is 0 Å². The van der Waals surface area contributed by atoms with E-state index in [9.17, 15) is 4.79 Å². The van der Waals surface area contributed by atoms with Crippen molar-refractivity contribution in [1.29, 1.82) is 0 Å². The van der Waals surface area contributed by atoms with Crippen LogP contribution in [-0.2, 0) is 4.79 Å². The summed E-state index contributed by atoms with van der Waals surface area (Å²) in [5, 5.41) is 3.16. The number of hydrogen-bond donors (Lipinski definition) is 2. The first-order valence-electron chi connectivity index (χ1n) is 4.07. The van der Waals surface area contributed by atoms with E-state index >= 15 is 0 Å². The second kappa shape index (κ2) is 3.40. The summed E-state index contributed by atoms with van der Waals surface area (Å²) >= 11 is 1.21. The molecule has 3 N–H and O–H groups in total. The van der Waals surface area contributed by atoms with Crippen LogP contribution in [0.4, 0.5) is 5.69 Å². The summed E-state index contributed by atoms with van der Waals surface area (Å²) in [6.45, 7) is 0.517. The topological polar surface area (TPSA) is 55.1 Å². The molecule has 0 radical (unpaired) electrons. The van der Waals surface area contributed by atoms with Crippen molar-refractivity contribution in [1.82, 2.24) is 0 Å². The van der Waals surface area contributed by atoms with Crippen LogP contribution in [0.15, 0.2) is 29.2 Å². The fourth-order valence-electron chi connectivity index (χ4n) is 1.19. The Morgan fingerprint density at radius 2 is 2.23 bits per heavy atom. The van der Waals surface area contributed by atoms with Gasteiger partial charge in [-0.1, -0.05) is 12.1 Å². The van der Waals surface area contributed by atoms with Gasteiger partial charge in [0.1, 0.15) is 0 Å². The molecular formula is C9H10N2OS. The van der Waals surface area contributed by atoms with Crippen molar-refractivity contribution in [3.63, 3.8) is 0 Å². The van der Waals surface area contributed by atoms with Gasteiger partial charge in [0.25, 0.3) is 0 Å². The molecule has 0 saturated heterocycles. The van der Waals surface area contributed by atoms with Gasteiger partial charge in [0.15, 0.2) is 0 Å². The van der Waals surface area contributed by atoms with Crippen molar-refractivity contribution in [3.8, 4) is 0 Å². The Labute approximate surface area is 80.7 Å². The van der Waals surface area contributed by atoms with Crippen LogP contribution >= 0.6 is 11.8 Å². The summed E-state index contributed by atoms with van der Waals surface area (Å²) in [7, 11) is 0. The Kier molecular flexibility index (Phi) is 2.24. The Bertz CT molecular complexity index is 340. The van der Waals surface area contributed by atoms with Gasteiger partial charge in [-0.3, -0.25) is 4.79 Å². The van der Waals surface area contributed by atoms with E-state index in [1.807, 2.05) is 24.3 Å². The number of fused-ring (bicyclic) bond motifs is 1. The molecule has 1 unspecified atom stereocenters. The minimum Gasteiger partial charge on any atom is -0.382 e. The molecule has 0 amide bonds. The molecule has 13 heavy (non-hydrogen) atoms. The highest BCUT2D eigenvalue weighted by atomic mass is 32.2. The van der Waals surface area contributed by atoms with Crippen molar-refractivity contribution in [2.75, 3.05) is 11.9 Å². The minimum absolute atomic E-state index is 0.0254. The van der Waals surface area contributed by atoms with E-state index in [0.29, 0.717) is 6.54 Å². The van der Waals surface area contributed by atoms with Gasteiger partial charge in [-0.2, -0.15) is 0 Å². The molecular weight excluding hydrogens is 184 g/mol. The molecule has 1 atom stereocenters. The van der Waals surface area contributed by atoms with Gasteiger partial charge in [0.05, 0.1) is 6.04 Å². The standard InChI is InChI=1S/C9H10N2OS/c10-6-5-11-7-3-1-2-4-8(7)13-9(6)12/h1-4,6,11H,5,10H2. The number of thioether (sulfide) groups is 1. The smallest absolute Gasteiger partial charge is 0.212 e. The molecule has 68 valence electrons. The molecule has 3 nitrogen and oxygen atoms in total. The molecule has 0 aliphatic carbocycles. The molecule has 0 fully saturated rings. The lowest BCUT2D eigenvalue weighted by molar-refractivity contribution is -0.111. The van der Waals surface area contributed by atoms with E-state index in [1.165, 1.54) is 11.8 Å². The monoisotopic (exact) mass is 194 g/mol. The highest BCUT2D eigenvalue weighted by Gasteiger charge is 2.20. The summed E-state index contributed by atoms with van der Waals surface area (Å²) in [5.41, 5.74) is 6.62. The van der Waals surface area contributed by atoms with Crippen LogP contribution in [0, 0.1) is 0 Å². The number of carbonyl (C=O) groups excluding carboxylic acids is 1. The van der Waals surface area contributed by atoms with Crippen LogP contribution in [0.25, 0.3) is 0 Å². The zero-order valence-electron chi connectivity index (χ0n) is 6.99. The van der Waals surface area contributed by atoms with Crippen LogP contribution < -0.4 is 11.1 Å². The Morgan fingerprint density at radius 3 is 3.08 bits per heavy atom. The SMILES string of the molecule is NC1CNc2ccccc2SC1=O. The summed E-state index contributed by atoms with van der Waals surface area (Å²) in [4.78, 5) is 12.3. The van der Waals surface area contributed by atoms with Gasteiger partial charge in [-0.15, -0.1) is 0 Å². The molecule has 0 saturated carbocycles. The molecule has 1 heterocycles. The molecule has 1 aliphatic heterocycles. The predicted molar refractivity (Wildman–Crippen MR) is 53.8 cm³/mol. The fraction of sp³-hybridized carbons (Fsp3) is 0.222. The third-order valence-electron chi connectivity index (χ3n) is 1.91. The number of para-hydroxylation sites is 1. The summed E-state index contributed by atoms with van der Waals surface area (Å²) in [6, 6.07) is 7.32. The highest BCUT2D eigenvalue weighted by Crippen LogP contribution is 2.30. The third kappa shape index (κ3) is 1.68. The van der Waals surface area contributed by atoms with Crippen LogP contribution in [-0.4, -0.2) is 17.7 Å². The van der Waals surface area contributed by atoms with Gasteiger partial charge in [0.2, 0.25) is 5.12 Å². The average molecular weight is 194 g/mol. The maximum absolute atomic E-state index is 11.4. The lowest BCUT2D eigenvalue weighted by atomic mass is 10.3. The van der Waals surface area contributed by atoms with E-state index in [-0.39, 0.29) is 5.12 Å². The summed E-state index contributed by atoms with van der Waals surface area (Å²) < 4.78 is 0. The Balaban J connectivity index is 2.35. The van der Waals surface area contributed by atoms with Gasteiger partial charge in [0, 0.05) is 17.1 Å². The van der Waals surface area contributed by atoms with Crippen molar-refractivity contribution in [2.45, 2.75) is 10.9 Å². The largest absolute Gasteiger partial charge is 0.382 e. The first-order chi connectivity index (χ1) is 6.27. The summed E-state index contributed by atoms with van der Waals surface area (Å²) in [5.74, 6) is 0. The first kappa shape index (κ1) is 8.59. The molecule has 2 rings (SSSR count). The molecule has 4 heteroatoms. The summed E-state index contributed by atoms with van der Waals surface area (Å²) in [6.07, 6.45) is 0. The zero-order chi connectivity index (χ0) is 9.26. The highest BCUT2D eigenvalue weighted by molar-refractivity contribution is 8.14. The zero-order valence-corrected chi connectivity index (χ0v) is 7.80. The Hall–Kier alpha value is -1.00. The molecule has 1 aliphatic rings. The fourth-order valence-corrected chi connectivity index (χ4v) is 2.04. The lowest BCUT2D eigenvalue weighted by Gasteiger charge is -2.05. The normalized spacial score (nSPS) is 21.6. The first-order valence-corrected chi connectivity index (χ1v) is 4.89. The molecule has 1 aromatic rings. The van der Waals surface area contributed by atoms with Gasteiger partial charge in [-0.25, -0.2) is 0 Å². The number of benzene rings is 1. The van der Waals surface area contributed by atoms with E-state index in [4.69, 9.17) is 5.73 Å². The van der Waals surface area contributed by atoms with Crippen molar-refractivity contribution in [3.05, 3.63) is 24.3 Å². The second-order valence-corrected chi connectivity index (χ2v) is 3.95. The molecule has 0 bridgehead atoms. The maximum Gasteiger partial charge on any atom is 0.212 e. The minimum atomic E-state index is -0.405. The van der Waals surface area contributed by atoms with E-state index in [1.54, 1.807) is 0 Å². The molecule has 0 aromatic heterocycles. The van der Waals surface area contributed by atoms with Crippen molar-refractivity contribution < 1.29 is 4.79 Å². The van der Waals surface area contributed by atoms with Gasteiger partial charge < -0.3 is 11.1 Å². The second-order valence-electron chi connectivity index (χ2n) is 2.90. The van der Waals surface area contributed by atoms with E-state index in [0.717, 1.165) is 10.6 Å². The van der Waals surface area contributed by atoms with E-state index < -0.39 is 6.04 Å². The quantitative estimate of drug-likeness (QED) is 0.648. The molecule has 0 spiro atoms. The number of hydrogen-bond acceptors (Lipinski definition) is 4. The third-order valence-corrected chi connectivity index (χ3v) is 2.99. The van der Waals surface area contributed by atoms with Crippen molar-refractivity contribution in [2.24, 2.45) is 5.73 Å². The Morgan fingerprint density at radius 1 is 1.46 bits per heavy atom. The van der Waals surface area contributed by atoms with Gasteiger partial charge in [-0.05, 0) is 23.9 Å². The number of nitrogens with one attached hydrogen (secondary N) is 1. The average Bonchev–Trinajstić information content (AvgIpc) is 2.28. The maximum atomic E-state index is 11.4. The predicted octanol–water partition coefficient (Wildman–Crippen LogP) is 1.06. The van der Waals surface area contributed by atoms with Crippen LogP contribution in [0.1, 0.15) is 0 Å². The van der Waals surface area contributed by atoms with Crippen LogP contribution in [0.2, 0.25) is 0 Å². The lowest BCUT2D eigenvalue weighted by Crippen LogP contribution is -2.34. The van der Waals surface area contributed by atoms with E-state index in [2.05, 4.69) is 5.32 Å². The van der Waals surface area contributed by atoms with Crippen LogP contribution in [0.5, 0.6) is 0 Å². The number of nitrogens with two attached hydrogens (primary N) is 1. The van der Waals surface area contributed by atoms with Crippen molar-refractivity contribution >= 4 is 22.6 Å². The number of carbonyl (C=O) groups is 1. The van der Waals surface area contributed by atoms with Gasteiger partial charge >= 0.3 is 0 Å². The number of rotatable bonds is 0. The molecule has 1 aromatic carbocycles. The number of anilines is 1.